The van der Waals surface area contributed by atoms with E-state index >= 15 is 0 Å². The lowest BCUT2D eigenvalue weighted by Gasteiger charge is -2.16. The third kappa shape index (κ3) is 4.75. The summed E-state index contributed by atoms with van der Waals surface area (Å²) in [7, 11) is 0. The Balaban J connectivity index is 3.64. The lowest BCUT2D eigenvalue weighted by atomic mass is 10.4. The van der Waals surface area contributed by atoms with Crippen molar-refractivity contribution in [2.75, 3.05) is 0 Å². The quantitative estimate of drug-likeness (QED) is 0.471. The molecule has 0 saturated heterocycles. The van der Waals surface area contributed by atoms with E-state index in [1.807, 2.05) is 0 Å². The van der Waals surface area contributed by atoms with Crippen LogP contribution in [0.2, 0.25) is 0 Å². The molecule has 6 nitrogen and oxygen atoms in total. The first-order valence-electron chi connectivity index (χ1n) is 7.01. The molecule has 0 fully saturated rings. The number of allylic oxidation sites excluding steroid dienone is 3. The second-order valence-corrected chi connectivity index (χ2v) is 6.62. The van der Waals surface area contributed by atoms with Gasteiger partial charge < -0.3 is 0 Å². The van der Waals surface area contributed by atoms with Crippen LogP contribution < -0.4 is 17.1 Å². The topological polar surface area (TPSA) is 66.0 Å². The number of rotatable bonds is 9. The van der Waals surface area contributed by atoms with Crippen LogP contribution >= 0.6 is 34.8 Å². The minimum atomic E-state index is -0.800. The summed E-state index contributed by atoms with van der Waals surface area (Å²) >= 11 is 17.9. The van der Waals surface area contributed by atoms with Gasteiger partial charge in [-0.05, 0) is 0 Å². The first-order valence-corrected chi connectivity index (χ1v) is 8.32. The molecule has 0 bridgehead atoms. The fourth-order valence-electron chi connectivity index (χ4n) is 1.90. The maximum Gasteiger partial charge on any atom is 0.336 e. The fraction of sp³-hybridized carbons (Fsp3) is 0.400. The normalized spacial score (nSPS) is 14.6. The smallest absolute Gasteiger partial charge is 0.247 e. The minimum Gasteiger partial charge on any atom is -0.247 e. The van der Waals surface area contributed by atoms with Gasteiger partial charge in [0.1, 0.15) is 0 Å². The van der Waals surface area contributed by atoms with Gasteiger partial charge in [-0.1, -0.05) is 18.2 Å². The highest BCUT2D eigenvalue weighted by atomic mass is 35.5. The van der Waals surface area contributed by atoms with Crippen molar-refractivity contribution < 1.29 is 0 Å². The fourth-order valence-corrected chi connectivity index (χ4v) is 2.31. The summed E-state index contributed by atoms with van der Waals surface area (Å²) in [6.07, 6.45) is 4.15. The Bertz CT molecular complexity index is 659. The molecule has 0 radical (unpaired) electrons. The van der Waals surface area contributed by atoms with Gasteiger partial charge in [-0.25, -0.2) is 28.1 Å². The molecule has 0 aromatic carbocycles. The Morgan fingerprint density at radius 3 is 1.04 bits per heavy atom. The SMILES string of the molecule is C=CC(Cl)Cn1c(=O)n(CC(Cl)C=C)c(=O)n(CC(Cl)C=C)c1=O. The Morgan fingerprint density at radius 1 is 0.667 bits per heavy atom. The van der Waals surface area contributed by atoms with Gasteiger partial charge in [0.15, 0.2) is 0 Å². The van der Waals surface area contributed by atoms with Crippen molar-refractivity contribution in [1.29, 1.82) is 0 Å². The Morgan fingerprint density at radius 2 is 0.875 bits per heavy atom. The van der Waals surface area contributed by atoms with E-state index in [2.05, 4.69) is 19.7 Å². The van der Waals surface area contributed by atoms with Crippen LogP contribution in [-0.4, -0.2) is 29.8 Å². The molecule has 0 saturated carbocycles. The monoisotopic (exact) mass is 393 g/mol. The van der Waals surface area contributed by atoms with Crippen molar-refractivity contribution in [2.45, 2.75) is 35.8 Å². The highest BCUT2D eigenvalue weighted by molar-refractivity contribution is 6.22. The Kier molecular flexibility index (Phi) is 7.79. The molecule has 3 unspecified atom stereocenters. The van der Waals surface area contributed by atoms with Gasteiger partial charge in [-0.3, -0.25) is 0 Å². The van der Waals surface area contributed by atoms with E-state index in [1.165, 1.54) is 18.2 Å². The molecule has 1 heterocycles. The second kappa shape index (κ2) is 9.11. The van der Waals surface area contributed by atoms with Crippen molar-refractivity contribution in [1.82, 2.24) is 13.7 Å². The van der Waals surface area contributed by atoms with Crippen molar-refractivity contribution >= 4 is 34.8 Å². The predicted octanol–water partition coefficient (Wildman–Crippen LogP) is 1.55. The van der Waals surface area contributed by atoms with E-state index in [4.69, 9.17) is 34.8 Å². The van der Waals surface area contributed by atoms with E-state index in [-0.39, 0.29) is 19.6 Å². The standard InChI is InChI=1S/C15H18Cl3N3O3/c1-4-10(16)7-19-13(22)20(8-11(17)5-2)15(24)21(14(19)23)9-12(18)6-3/h4-6,10-12H,1-3,7-9H2. The molecule has 1 aromatic rings. The zero-order valence-electron chi connectivity index (χ0n) is 12.9. The largest absolute Gasteiger partial charge is 0.336 e. The van der Waals surface area contributed by atoms with Crippen molar-refractivity contribution in [2.24, 2.45) is 0 Å². The maximum atomic E-state index is 12.5. The number of halogens is 3. The average molecular weight is 395 g/mol. The number of hydrogen-bond donors (Lipinski definition) is 0. The maximum absolute atomic E-state index is 12.5. The van der Waals surface area contributed by atoms with E-state index < -0.39 is 33.2 Å². The van der Waals surface area contributed by atoms with Gasteiger partial charge in [0.2, 0.25) is 0 Å². The molecule has 1 aromatic heterocycles. The zero-order chi connectivity index (χ0) is 18.4. The molecule has 0 aliphatic heterocycles. The van der Waals surface area contributed by atoms with Gasteiger partial charge in [0.05, 0.1) is 35.8 Å². The summed E-state index contributed by atoms with van der Waals surface area (Å²) in [6, 6.07) is 0. The molecule has 24 heavy (non-hydrogen) atoms. The first kappa shape index (κ1) is 20.5. The van der Waals surface area contributed by atoms with Gasteiger partial charge >= 0.3 is 17.1 Å². The number of aromatic nitrogens is 3. The summed E-state index contributed by atoms with van der Waals surface area (Å²) in [5.74, 6) is 0. The summed E-state index contributed by atoms with van der Waals surface area (Å²) in [4.78, 5) is 37.5. The molecular formula is C15H18Cl3N3O3. The summed E-state index contributed by atoms with van der Waals surface area (Å²) in [5.41, 5.74) is -2.40. The van der Waals surface area contributed by atoms with Crippen LogP contribution in [0, 0.1) is 0 Å². The van der Waals surface area contributed by atoms with Gasteiger partial charge in [0, 0.05) is 0 Å². The van der Waals surface area contributed by atoms with E-state index in [9.17, 15) is 14.4 Å². The molecular weight excluding hydrogens is 377 g/mol. The van der Waals surface area contributed by atoms with Crippen molar-refractivity contribution in [3.8, 4) is 0 Å². The second-order valence-electron chi connectivity index (χ2n) is 4.93. The molecule has 132 valence electrons. The molecule has 0 amide bonds. The van der Waals surface area contributed by atoms with E-state index in [0.29, 0.717) is 0 Å². The molecule has 0 N–H and O–H groups in total. The third-order valence-electron chi connectivity index (χ3n) is 3.22. The molecule has 3 atom stereocenters. The lowest BCUT2D eigenvalue weighted by molar-refractivity contribution is 0.453. The summed E-state index contributed by atoms with van der Waals surface area (Å²) in [5, 5.41) is -1.98. The van der Waals surface area contributed by atoms with Crippen LogP contribution in [0.3, 0.4) is 0 Å². The molecule has 9 heteroatoms. The van der Waals surface area contributed by atoms with Crippen molar-refractivity contribution in [3.63, 3.8) is 0 Å². The van der Waals surface area contributed by atoms with Crippen LogP contribution in [0.1, 0.15) is 0 Å². The van der Waals surface area contributed by atoms with Crippen LogP contribution in [0.15, 0.2) is 52.3 Å². The lowest BCUT2D eigenvalue weighted by Crippen LogP contribution is -2.56. The molecule has 0 aliphatic rings. The zero-order valence-corrected chi connectivity index (χ0v) is 15.2. The van der Waals surface area contributed by atoms with Gasteiger partial charge in [-0.2, -0.15) is 0 Å². The Labute approximate surface area is 153 Å². The van der Waals surface area contributed by atoms with E-state index in [0.717, 1.165) is 13.7 Å². The van der Waals surface area contributed by atoms with E-state index in [1.54, 1.807) is 0 Å². The average Bonchev–Trinajstić information content (AvgIpc) is 2.58. The predicted molar refractivity (Wildman–Crippen MR) is 98.7 cm³/mol. The summed E-state index contributed by atoms with van der Waals surface area (Å²) in [6.45, 7) is 10.1. The van der Waals surface area contributed by atoms with Crippen LogP contribution in [0.25, 0.3) is 0 Å². The highest BCUT2D eigenvalue weighted by Gasteiger charge is 2.19. The Hall–Kier alpha value is -1.50. The van der Waals surface area contributed by atoms with Crippen LogP contribution in [0.5, 0.6) is 0 Å². The molecule has 1 rings (SSSR count). The van der Waals surface area contributed by atoms with Gasteiger partial charge in [-0.15, -0.1) is 54.5 Å². The number of hydrogen-bond acceptors (Lipinski definition) is 3. The van der Waals surface area contributed by atoms with Crippen LogP contribution in [-0.2, 0) is 19.6 Å². The molecule has 0 aliphatic carbocycles. The van der Waals surface area contributed by atoms with Gasteiger partial charge in [0.25, 0.3) is 0 Å². The third-order valence-corrected chi connectivity index (χ3v) is 4.17. The highest BCUT2D eigenvalue weighted by Crippen LogP contribution is 2.01. The minimum absolute atomic E-state index is 0.134. The van der Waals surface area contributed by atoms with Crippen molar-refractivity contribution in [3.05, 3.63) is 69.4 Å². The number of alkyl halides is 3. The number of nitrogens with zero attached hydrogens (tertiary/aromatic N) is 3. The summed E-state index contributed by atoms with van der Waals surface area (Å²) < 4.78 is 2.58. The van der Waals surface area contributed by atoms with Crippen LogP contribution in [0.4, 0.5) is 0 Å². The first-order chi connectivity index (χ1) is 11.3. The molecule has 0 spiro atoms.